The first-order valence-corrected chi connectivity index (χ1v) is 5.90. The van der Waals surface area contributed by atoms with Crippen molar-refractivity contribution in [1.29, 1.82) is 0 Å². The van der Waals surface area contributed by atoms with Crippen molar-refractivity contribution >= 4 is 6.09 Å². The number of nitrogens with one attached hydrogen (secondary N) is 1. The lowest BCUT2D eigenvalue weighted by molar-refractivity contribution is 0.0535. The number of carbonyl (C=O) groups excluding carboxylic acids is 1. The van der Waals surface area contributed by atoms with Gasteiger partial charge in [0.25, 0.3) is 0 Å². The van der Waals surface area contributed by atoms with Gasteiger partial charge in [0.05, 0.1) is 6.54 Å². The van der Waals surface area contributed by atoms with Crippen molar-refractivity contribution in [3.63, 3.8) is 0 Å². The lowest BCUT2D eigenvalue weighted by Crippen LogP contribution is -2.32. The Morgan fingerprint density at radius 2 is 1.71 bits per heavy atom. The van der Waals surface area contributed by atoms with Gasteiger partial charge in [-0.05, 0) is 20.8 Å². The molecule has 0 bridgehead atoms. The Labute approximate surface area is 119 Å². The minimum Gasteiger partial charge on any atom is -0.444 e. The van der Waals surface area contributed by atoms with Crippen molar-refractivity contribution < 1.29 is 27.1 Å². The molecule has 1 aromatic carbocycles. The highest BCUT2D eigenvalue weighted by Gasteiger charge is 2.17. The number of rotatable bonds is 1. The minimum atomic E-state index is -1.58. The van der Waals surface area contributed by atoms with Gasteiger partial charge in [0.1, 0.15) is 11.2 Å². The lowest BCUT2D eigenvalue weighted by atomic mass is 10.2. The van der Waals surface area contributed by atoms with Crippen molar-refractivity contribution in [3.8, 4) is 11.8 Å². The van der Waals surface area contributed by atoms with Gasteiger partial charge in [0, 0.05) is 6.07 Å². The van der Waals surface area contributed by atoms with Gasteiger partial charge >= 0.3 is 6.09 Å². The van der Waals surface area contributed by atoms with Crippen LogP contribution >= 0.6 is 0 Å². The minimum absolute atomic E-state index is 0.0921. The molecule has 7 heteroatoms. The second-order valence-electron chi connectivity index (χ2n) is 5.00. The van der Waals surface area contributed by atoms with Crippen LogP contribution in [0, 0.1) is 35.1 Å². The fourth-order valence-corrected chi connectivity index (χ4v) is 1.25. The van der Waals surface area contributed by atoms with Crippen molar-refractivity contribution in [1.82, 2.24) is 5.32 Å². The third kappa shape index (κ3) is 4.99. The maximum atomic E-state index is 13.3. The van der Waals surface area contributed by atoms with E-state index < -0.39 is 40.5 Å². The highest BCUT2D eigenvalue weighted by atomic mass is 19.2. The first-order chi connectivity index (χ1) is 9.61. The van der Waals surface area contributed by atoms with E-state index in [2.05, 4.69) is 11.2 Å². The first-order valence-electron chi connectivity index (χ1n) is 5.90. The van der Waals surface area contributed by atoms with E-state index in [-0.39, 0.29) is 12.6 Å². The molecule has 3 nitrogen and oxygen atoms in total. The zero-order valence-electron chi connectivity index (χ0n) is 11.6. The third-order valence-electron chi connectivity index (χ3n) is 2.05. The molecule has 114 valence electrons. The molecule has 0 aromatic heterocycles. The molecule has 0 saturated heterocycles. The molecule has 1 aromatic rings. The molecule has 21 heavy (non-hydrogen) atoms. The van der Waals surface area contributed by atoms with E-state index >= 15 is 0 Å². The van der Waals surface area contributed by atoms with Crippen LogP contribution in [0.1, 0.15) is 26.3 Å². The van der Waals surface area contributed by atoms with Gasteiger partial charge < -0.3 is 10.1 Å². The Balaban J connectivity index is 2.75. The van der Waals surface area contributed by atoms with Gasteiger partial charge in [0.15, 0.2) is 23.3 Å². The molecule has 1 amide bonds. The number of alkyl carbamates (subject to hydrolysis) is 1. The van der Waals surface area contributed by atoms with Crippen molar-refractivity contribution in [2.45, 2.75) is 26.4 Å². The van der Waals surface area contributed by atoms with Crippen LogP contribution in [0.4, 0.5) is 22.4 Å². The van der Waals surface area contributed by atoms with E-state index in [9.17, 15) is 22.4 Å². The standard InChI is InChI=1S/C14H13F4NO2/c1-14(2,3)21-13(20)19-6-4-5-8-11(17)9(15)7-10(16)12(8)18/h7H,6H2,1-3H3,(H,19,20). The molecule has 0 saturated carbocycles. The molecule has 1 N–H and O–H groups in total. The quantitative estimate of drug-likeness (QED) is 0.492. The number of halogens is 4. The number of hydrogen-bond acceptors (Lipinski definition) is 2. The van der Waals surface area contributed by atoms with E-state index in [1.165, 1.54) is 0 Å². The summed E-state index contributed by atoms with van der Waals surface area (Å²) in [6, 6.07) is 0.0921. The van der Waals surface area contributed by atoms with Gasteiger partial charge in [-0.1, -0.05) is 11.8 Å². The number of benzene rings is 1. The second-order valence-corrected chi connectivity index (χ2v) is 5.00. The van der Waals surface area contributed by atoms with Crippen molar-refractivity contribution in [2.75, 3.05) is 6.54 Å². The molecule has 0 spiro atoms. The Hall–Kier alpha value is -2.23. The van der Waals surface area contributed by atoms with Gasteiger partial charge in [-0.2, -0.15) is 0 Å². The Bertz CT molecular complexity index is 586. The van der Waals surface area contributed by atoms with E-state index in [0.717, 1.165) is 0 Å². The molecular weight excluding hydrogens is 290 g/mol. The summed E-state index contributed by atoms with van der Waals surface area (Å²) in [7, 11) is 0. The van der Waals surface area contributed by atoms with E-state index in [1.54, 1.807) is 20.8 Å². The predicted molar refractivity (Wildman–Crippen MR) is 67.4 cm³/mol. The molecule has 0 atom stereocenters. The van der Waals surface area contributed by atoms with Crippen molar-refractivity contribution in [2.24, 2.45) is 0 Å². The molecular formula is C14H13F4NO2. The SMILES string of the molecule is CC(C)(C)OC(=O)NCC#Cc1c(F)c(F)cc(F)c1F. The van der Waals surface area contributed by atoms with Crippen LogP contribution in [0.25, 0.3) is 0 Å². The molecule has 0 fully saturated rings. The Morgan fingerprint density at radius 3 is 2.19 bits per heavy atom. The zero-order chi connectivity index (χ0) is 16.2. The average Bonchev–Trinajstić information content (AvgIpc) is 2.33. The normalized spacial score (nSPS) is 10.6. The zero-order valence-corrected chi connectivity index (χ0v) is 11.6. The highest BCUT2D eigenvalue weighted by molar-refractivity contribution is 5.68. The average molecular weight is 303 g/mol. The summed E-state index contributed by atoms with van der Waals surface area (Å²) in [5.41, 5.74) is -1.74. The molecule has 0 aliphatic rings. The van der Waals surface area contributed by atoms with Crippen LogP contribution in [0.2, 0.25) is 0 Å². The summed E-state index contributed by atoms with van der Waals surface area (Å²) >= 11 is 0. The predicted octanol–water partition coefficient (Wildman–Crippen LogP) is 3.12. The van der Waals surface area contributed by atoms with Crippen LogP contribution in [-0.2, 0) is 4.74 Å². The lowest BCUT2D eigenvalue weighted by Gasteiger charge is -2.19. The van der Waals surface area contributed by atoms with Gasteiger partial charge in [-0.3, -0.25) is 0 Å². The Kier molecular flexibility index (Phi) is 5.19. The van der Waals surface area contributed by atoms with Gasteiger partial charge in [0.2, 0.25) is 0 Å². The summed E-state index contributed by atoms with van der Waals surface area (Å²) in [6.45, 7) is 4.65. The molecule has 0 radical (unpaired) electrons. The largest absolute Gasteiger partial charge is 0.444 e. The third-order valence-corrected chi connectivity index (χ3v) is 2.05. The van der Waals surface area contributed by atoms with Crippen LogP contribution in [0.3, 0.4) is 0 Å². The Morgan fingerprint density at radius 1 is 1.19 bits per heavy atom. The van der Waals surface area contributed by atoms with Crippen LogP contribution < -0.4 is 5.32 Å². The molecule has 0 aliphatic heterocycles. The summed E-state index contributed by atoms with van der Waals surface area (Å²) in [4.78, 5) is 11.2. The molecule has 0 heterocycles. The van der Waals surface area contributed by atoms with Crippen molar-refractivity contribution in [3.05, 3.63) is 34.9 Å². The first kappa shape index (κ1) is 16.8. The van der Waals surface area contributed by atoms with Crippen LogP contribution in [0.15, 0.2) is 6.07 Å². The van der Waals surface area contributed by atoms with E-state index in [0.29, 0.717) is 0 Å². The summed E-state index contributed by atoms with van der Waals surface area (Å²) < 4.78 is 57.2. The molecule has 0 unspecified atom stereocenters. The number of ether oxygens (including phenoxy) is 1. The monoisotopic (exact) mass is 303 g/mol. The van der Waals surface area contributed by atoms with Crippen LogP contribution in [-0.4, -0.2) is 18.2 Å². The highest BCUT2D eigenvalue weighted by Crippen LogP contribution is 2.18. The summed E-state index contributed by atoms with van der Waals surface area (Å²) in [6.07, 6.45) is -0.775. The number of hydrogen-bond donors (Lipinski definition) is 1. The van der Waals surface area contributed by atoms with E-state index in [4.69, 9.17) is 4.74 Å². The van der Waals surface area contributed by atoms with Crippen LogP contribution in [0.5, 0.6) is 0 Å². The maximum Gasteiger partial charge on any atom is 0.408 e. The fraction of sp³-hybridized carbons (Fsp3) is 0.357. The fourth-order valence-electron chi connectivity index (χ4n) is 1.25. The molecule has 0 aliphatic carbocycles. The summed E-state index contributed by atoms with van der Waals surface area (Å²) in [5, 5.41) is 2.21. The molecule has 1 rings (SSSR count). The summed E-state index contributed by atoms with van der Waals surface area (Å²) in [5.74, 6) is -2.15. The smallest absolute Gasteiger partial charge is 0.408 e. The van der Waals surface area contributed by atoms with E-state index in [1.807, 2.05) is 5.92 Å². The van der Waals surface area contributed by atoms with Gasteiger partial charge in [-0.25, -0.2) is 22.4 Å². The maximum absolute atomic E-state index is 13.3. The number of amides is 1. The number of carbonyl (C=O) groups is 1. The van der Waals surface area contributed by atoms with Gasteiger partial charge in [-0.15, -0.1) is 0 Å². The topological polar surface area (TPSA) is 38.3 Å². The second kappa shape index (κ2) is 6.48.